The molecule has 0 atom stereocenters. The zero-order chi connectivity index (χ0) is 21.3. The maximum absolute atomic E-state index is 12.9. The molecule has 1 N–H and O–H groups in total. The summed E-state index contributed by atoms with van der Waals surface area (Å²) in [6.07, 6.45) is 0. The normalized spacial score (nSPS) is 10.8. The van der Waals surface area contributed by atoms with Gasteiger partial charge in [0.2, 0.25) is 5.82 Å². The second kappa shape index (κ2) is 8.13. The monoisotopic (exact) mass is 416 g/mol. The Morgan fingerprint density at radius 1 is 0.933 bits per heavy atom. The summed E-state index contributed by atoms with van der Waals surface area (Å²) < 4.78 is 1.70. The highest BCUT2D eigenvalue weighted by atomic mass is 35.5. The number of amides is 1. The molecule has 1 heterocycles. The number of nitrogens with one attached hydrogen (secondary N) is 1. The van der Waals surface area contributed by atoms with Crippen molar-refractivity contribution in [3.63, 3.8) is 0 Å². The van der Waals surface area contributed by atoms with Gasteiger partial charge in [0.15, 0.2) is 5.82 Å². The van der Waals surface area contributed by atoms with E-state index in [1.165, 1.54) is 0 Å². The molecule has 0 saturated heterocycles. The zero-order valence-corrected chi connectivity index (χ0v) is 17.7. The van der Waals surface area contributed by atoms with Crippen LogP contribution in [0.4, 0.5) is 5.69 Å². The molecule has 6 heteroatoms. The molecule has 4 rings (SSSR count). The number of anilines is 1. The second-order valence-corrected chi connectivity index (χ2v) is 7.73. The average molecular weight is 417 g/mol. The standard InChI is InChI=1S/C24H21ClN4O/c1-15-7-11-20(12-8-15)29-23(18-6-4-5-16(2)13-18)27-22(28-29)24(30)26-21-14-19(25)10-9-17(21)3/h4-14H,1-3H3,(H,26,30). The SMILES string of the molecule is Cc1ccc(-n2nc(C(=O)Nc3cc(Cl)ccc3C)nc2-c2cccc(C)c2)cc1. The van der Waals surface area contributed by atoms with E-state index in [1.807, 2.05) is 75.4 Å². The largest absolute Gasteiger partial charge is 0.319 e. The summed E-state index contributed by atoms with van der Waals surface area (Å²) in [5, 5.41) is 7.94. The predicted molar refractivity (Wildman–Crippen MR) is 120 cm³/mol. The fraction of sp³-hybridized carbons (Fsp3) is 0.125. The fourth-order valence-electron chi connectivity index (χ4n) is 3.15. The second-order valence-electron chi connectivity index (χ2n) is 7.29. The van der Waals surface area contributed by atoms with Gasteiger partial charge in [0.05, 0.1) is 5.69 Å². The van der Waals surface area contributed by atoms with Gasteiger partial charge in [-0.3, -0.25) is 4.79 Å². The van der Waals surface area contributed by atoms with Crippen molar-refractivity contribution >= 4 is 23.2 Å². The number of nitrogens with zero attached hydrogens (tertiary/aromatic N) is 3. The summed E-state index contributed by atoms with van der Waals surface area (Å²) in [5.41, 5.74) is 5.52. The molecule has 0 saturated carbocycles. The molecule has 5 nitrogen and oxygen atoms in total. The van der Waals surface area contributed by atoms with E-state index in [9.17, 15) is 4.79 Å². The maximum atomic E-state index is 12.9. The van der Waals surface area contributed by atoms with Crippen LogP contribution in [-0.4, -0.2) is 20.7 Å². The number of carbonyl (C=O) groups excluding carboxylic acids is 1. The van der Waals surface area contributed by atoms with Crippen molar-refractivity contribution in [3.8, 4) is 17.1 Å². The molecular weight excluding hydrogens is 396 g/mol. The first kappa shape index (κ1) is 19.9. The molecule has 0 unspecified atom stereocenters. The summed E-state index contributed by atoms with van der Waals surface area (Å²) in [5.74, 6) is 0.308. The Hall–Kier alpha value is -3.44. The summed E-state index contributed by atoms with van der Waals surface area (Å²) in [7, 11) is 0. The molecule has 150 valence electrons. The van der Waals surface area contributed by atoms with Crippen LogP contribution in [0.25, 0.3) is 17.1 Å². The Morgan fingerprint density at radius 3 is 2.43 bits per heavy atom. The predicted octanol–water partition coefficient (Wildman–Crippen LogP) is 5.77. The Kier molecular flexibility index (Phi) is 5.38. The summed E-state index contributed by atoms with van der Waals surface area (Å²) in [6.45, 7) is 5.95. The van der Waals surface area contributed by atoms with E-state index in [-0.39, 0.29) is 11.7 Å². The first-order valence-corrected chi connectivity index (χ1v) is 9.97. The Labute approximate surface area is 180 Å². The minimum absolute atomic E-state index is 0.0893. The van der Waals surface area contributed by atoms with Crippen molar-refractivity contribution < 1.29 is 4.79 Å². The van der Waals surface area contributed by atoms with Crippen LogP contribution in [0.5, 0.6) is 0 Å². The van der Waals surface area contributed by atoms with Crippen molar-refractivity contribution in [1.82, 2.24) is 14.8 Å². The Morgan fingerprint density at radius 2 is 1.70 bits per heavy atom. The number of hydrogen-bond acceptors (Lipinski definition) is 3. The molecule has 0 aliphatic carbocycles. The van der Waals surface area contributed by atoms with Gasteiger partial charge in [0, 0.05) is 16.3 Å². The van der Waals surface area contributed by atoms with Crippen LogP contribution in [0.1, 0.15) is 27.3 Å². The van der Waals surface area contributed by atoms with Crippen molar-refractivity contribution in [3.05, 3.63) is 94.3 Å². The number of benzene rings is 3. The maximum Gasteiger partial charge on any atom is 0.295 e. The molecule has 1 amide bonds. The van der Waals surface area contributed by atoms with Gasteiger partial charge in [-0.1, -0.05) is 59.1 Å². The third-order valence-corrected chi connectivity index (χ3v) is 5.05. The third-order valence-electron chi connectivity index (χ3n) is 4.81. The summed E-state index contributed by atoms with van der Waals surface area (Å²) in [4.78, 5) is 17.5. The smallest absolute Gasteiger partial charge is 0.295 e. The van der Waals surface area contributed by atoms with E-state index in [2.05, 4.69) is 15.4 Å². The van der Waals surface area contributed by atoms with Crippen molar-refractivity contribution in [1.29, 1.82) is 0 Å². The molecule has 30 heavy (non-hydrogen) atoms. The van der Waals surface area contributed by atoms with Gasteiger partial charge in [0.1, 0.15) is 0 Å². The van der Waals surface area contributed by atoms with Crippen LogP contribution in [0.3, 0.4) is 0 Å². The van der Waals surface area contributed by atoms with E-state index in [0.29, 0.717) is 16.5 Å². The highest BCUT2D eigenvalue weighted by Gasteiger charge is 2.19. The Balaban J connectivity index is 1.77. The number of aromatic nitrogens is 3. The van der Waals surface area contributed by atoms with Gasteiger partial charge in [-0.25, -0.2) is 9.67 Å². The van der Waals surface area contributed by atoms with Crippen LogP contribution in [0.15, 0.2) is 66.7 Å². The molecule has 4 aromatic rings. The lowest BCUT2D eigenvalue weighted by Crippen LogP contribution is -2.15. The quantitative estimate of drug-likeness (QED) is 0.459. The number of carbonyl (C=O) groups is 1. The average Bonchev–Trinajstić information content (AvgIpc) is 3.17. The van der Waals surface area contributed by atoms with Crippen molar-refractivity contribution in [2.24, 2.45) is 0 Å². The van der Waals surface area contributed by atoms with Crippen LogP contribution in [-0.2, 0) is 0 Å². The molecule has 0 radical (unpaired) electrons. The molecule has 0 aliphatic heterocycles. The van der Waals surface area contributed by atoms with Crippen LogP contribution in [0.2, 0.25) is 5.02 Å². The molecule has 3 aromatic carbocycles. The summed E-state index contributed by atoms with van der Waals surface area (Å²) in [6, 6.07) is 21.3. The number of aryl methyl sites for hydroxylation is 3. The van der Waals surface area contributed by atoms with E-state index >= 15 is 0 Å². The lowest BCUT2D eigenvalue weighted by atomic mass is 10.1. The molecule has 0 aliphatic rings. The molecule has 0 fully saturated rings. The van der Waals surface area contributed by atoms with Gasteiger partial charge in [-0.05, 0) is 56.7 Å². The highest BCUT2D eigenvalue weighted by Crippen LogP contribution is 2.24. The van der Waals surface area contributed by atoms with Gasteiger partial charge in [-0.2, -0.15) is 0 Å². The van der Waals surface area contributed by atoms with Crippen LogP contribution < -0.4 is 5.32 Å². The van der Waals surface area contributed by atoms with E-state index in [0.717, 1.165) is 27.9 Å². The van der Waals surface area contributed by atoms with Gasteiger partial charge in [-0.15, -0.1) is 5.10 Å². The molecule has 1 aromatic heterocycles. The lowest BCUT2D eigenvalue weighted by molar-refractivity contribution is 0.101. The third kappa shape index (κ3) is 4.11. The van der Waals surface area contributed by atoms with Crippen molar-refractivity contribution in [2.75, 3.05) is 5.32 Å². The van der Waals surface area contributed by atoms with E-state index < -0.39 is 0 Å². The van der Waals surface area contributed by atoms with Gasteiger partial charge < -0.3 is 5.32 Å². The topological polar surface area (TPSA) is 59.8 Å². The minimum atomic E-state index is -0.389. The van der Waals surface area contributed by atoms with E-state index in [4.69, 9.17) is 11.6 Å². The fourth-order valence-corrected chi connectivity index (χ4v) is 3.32. The van der Waals surface area contributed by atoms with Crippen molar-refractivity contribution in [2.45, 2.75) is 20.8 Å². The van der Waals surface area contributed by atoms with Crippen LogP contribution in [0, 0.1) is 20.8 Å². The van der Waals surface area contributed by atoms with E-state index in [1.54, 1.807) is 16.8 Å². The highest BCUT2D eigenvalue weighted by molar-refractivity contribution is 6.31. The van der Waals surface area contributed by atoms with Gasteiger partial charge in [0.25, 0.3) is 5.91 Å². The molecule has 0 bridgehead atoms. The minimum Gasteiger partial charge on any atom is -0.319 e. The number of rotatable bonds is 4. The van der Waals surface area contributed by atoms with Crippen LogP contribution >= 0.6 is 11.6 Å². The molecular formula is C24H21ClN4O. The number of halogens is 1. The Bertz CT molecular complexity index is 1230. The zero-order valence-electron chi connectivity index (χ0n) is 17.0. The summed E-state index contributed by atoms with van der Waals surface area (Å²) >= 11 is 6.08. The first-order valence-electron chi connectivity index (χ1n) is 9.59. The number of hydrogen-bond donors (Lipinski definition) is 1. The molecule has 0 spiro atoms. The lowest BCUT2D eigenvalue weighted by Gasteiger charge is -2.07. The first-order chi connectivity index (χ1) is 14.4. The van der Waals surface area contributed by atoms with Gasteiger partial charge >= 0.3 is 0 Å².